The van der Waals surface area contributed by atoms with E-state index in [1.54, 1.807) is 25.4 Å². The van der Waals surface area contributed by atoms with Crippen molar-refractivity contribution in [3.05, 3.63) is 102 Å². The summed E-state index contributed by atoms with van der Waals surface area (Å²) >= 11 is 0. The molecule has 3 aromatic carbocycles. The van der Waals surface area contributed by atoms with Gasteiger partial charge in [-0.2, -0.15) is 0 Å². The first kappa shape index (κ1) is 21.1. The summed E-state index contributed by atoms with van der Waals surface area (Å²) in [6.07, 6.45) is 1.72. The summed E-state index contributed by atoms with van der Waals surface area (Å²) in [4.78, 5) is 21.6. The normalized spacial score (nSPS) is 11.4. The van der Waals surface area contributed by atoms with Gasteiger partial charge in [0.25, 0.3) is 5.91 Å². The molecule has 0 radical (unpaired) electrons. The van der Waals surface area contributed by atoms with Crippen LogP contribution in [-0.4, -0.2) is 23.0 Å². The third-order valence-electron chi connectivity index (χ3n) is 5.05. The van der Waals surface area contributed by atoms with Crippen LogP contribution in [-0.2, 0) is 0 Å². The predicted octanol–water partition coefficient (Wildman–Crippen LogP) is 5.39. The topological polar surface area (TPSA) is 76.1 Å². The Morgan fingerprint density at radius 2 is 1.72 bits per heavy atom. The fourth-order valence-electron chi connectivity index (χ4n) is 3.28. The third kappa shape index (κ3) is 5.10. The lowest BCUT2D eigenvalue weighted by molar-refractivity contribution is 0.0940. The van der Waals surface area contributed by atoms with Crippen LogP contribution in [0.5, 0.6) is 5.75 Å². The van der Waals surface area contributed by atoms with Crippen molar-refractivity contribution in [2.24, 2.45) is 0 Å². The van der Waals surface area contributed by atoms with Crippen molar-refractivity contribution >= 4 is 17.4 Å². The number of aromatic nitrogens is 2. The van der Waals surface area contributed by atoms with Crippen LogP contribution < -0.4 is 15.4 Å². The molecule has 0 aliphatic heterocycles. The molecular formula is C26H24N4O2. The van der Waals surface area contributed by atoms with Crippen LogP contribution in [0.15, 0.2) is 91.1 Å². The molecule has 0 bridgehead atoms. The molecule has 2 N–H and O–H groups in total. The average Bonchev–Trinajstić information content (AvgIpc) is 2.85. The lowest BCUT2D eigenvalue weighted by Crippen LogP contribution is -2.26. The zero-order valence-corrected chi connectivity index (χ0v) is 17.9. The van der Waals surface area contributed by atoms with E-state index in [9.17, 15) is 4.79 Å². The van der Waals surface area contributed by atoms with E-state index < -0.39 is 0 Å². The molecule has 0 unspecified atom stereocenters. The van der Waals surface area contributed by atoms with Crippen molar-refractivity contribution in [1.82, 2.24) is 15.3 Å². The Balaban J connectivity index is 1.41. The Labute approximate surface area is 187 Å². The molecule has 1 heterocycles. The first-order chi connectivity index (χ1) is 15.6. The highest BCUT2D eigenvalue weighted by Crippen LogP contribution is 2.21. The first-order valence-electron chi connectivity index (χ1n) is 10.3. The molecule has 6 heteroatoms. The Bertz CT molecular complexity index is 1190. The number of carbonyl (C=O) groups excluding carboxylic acids is 1. The van der Waals surface area contributed by atoms with E-state index in [-0.39, 0.29) is 11.9 Å². The van der Waals surface area contributed by atoms with Gasteiger partial charge in [-0.05, 0) is 55.0 Å². The molecule has 1 atom stereocenters. The first-order valence-corrected chi connectivity index (χ1v) is 10.3. The molecule has 4 aromatic rings. The van der Waals surface area contributed by atoms with Gasteiger partial charge >= 0.3 is 0 Å². The second kappa shape index (κ2) is 9.75. The molecule has 6 nitrogen and oxygen atoms in total. The molecule has 0 aliphatic carbocycles. The van der Waals surface area contributed by atoms with Gasteiger partial charge in [0.1, 0.15) is 11.6 Å². The maximum atomic E-state index is 12.7. The molecule has 1 amide bonds. The zero-order chi connectivity index (χ0) is 22.3. The van der Waals surface area contributed by atoms with Crippen molar-refractivity contribution in [3.8, 4) is 17.1 Å². The van der Waals surface area contributed by atoms with Crippen LogP contribution in [0.1, 0.15) is 28.9 Å². The minimum atomic E-state index is -0.146. The fourth-order valence-corrected chi connectivity index (χ4v) is 3.28. The van der Waals surface area contributed by atoms with Crippen LogP contribution in [0, 0.1) is 0 Å². The number of anilines is 2. The van der Waals surface area contributed by atoms with E-state index in [2.05, 4.69) is 20.6 Å². The molecule has 0 saturated heterocycles. The van der Waals surface area contributed by atoms with Crippen LogP contribution in [0.4, 0.5) is 11.5 Å². The number of hydrogen-bond acceptors (Lipinski definition) is 5. The third-order valence-corrected chi connectivity index (χ3v) is 5.05. The standard InChI is InChI=1S/C26H24N4O2/c1-18(21-9-6-10-23(17-21)32-2)28-26(31)20-11-13-22(14-12-20)29-24-15-16-27-25(30-24)19-7-4-3-5-8-19/h3-18H,1-2H3,(H,28,31)(H,27,29,30)/t18-/m1/s1. The second-order valence-electron chi connectivity index (χ2n) is 7.31. The van der Waals surface area contributed by atoms with Crippen molar-refractivity contribution < 1.29 is 9.53 Å². The molecule has 160 valence electrons. The van der Waals surface area contributed by atoms with Gasteiger partial charge in [0, 0.05) is 23.0 Å². The highest BCUT2D eigenvalue weighted by Gasteiger charge is 2.12. The monoisotopic (exact) mass is 424 g/mol. The van der Waals surface area contributed by atoms with Crippen LogP contribution in [0.3, 0.4) is 0 Å². The molecule has 1 aromatic heterocycles. The maximum absolute atomic E-state index is 12.7. The summed E-state index contributed by atoms with van der Waals surface area (Å²) in [5.74, 6) is 1.96. The SMILES string of the molecule is COc1cccc([C@@H](C)NC(=O)c2ccc(Nc3ccnc(-c4ccccc4)n3)cc2)c1. The van der Waals surface area contributed by atoms with Crippen LogP contribution in [0.25, 0.3) is 11.4 Å². The van der Waals surface area contributed by atoms with Gasteiger partial charge in [0.05, 0.1) is 13.2 Å². The Morgan fingerprint density at radius 3 is 2.47 bits per heavy atom. The number of hydrogen-bond donors (Lipinski definition) is 2. The van der Waals surface area contributed by atoms with Gasteiger partial charge in [-0.1, -0.05) is 42.5 Å². The van der Waals surface area contributed by atoms with E-state index in [1.807, 2.05) is 79.7 Å². The average molecular weight is 425 g/mol. The van der Waals surface area contributed by atoms with Gasteiger partial charge in [-0.15, -0.1) is 0 Å². The molecular weight excluding hydrogens is 400 g/mol. The number of nitrogens with one attached hydrogen (secondary N) is 2. The summed E-state index contributed by atoms with van der Waals surface area (Å²) in [5, 5.41) is 6.29. The lowest BCUT2D eigenvalue weighted by atomic mass is 10.1. The van der Waals surface area contributed by atoms with Crippen molar-refractivity contribution in [1.29, 1.82) is 0 Å². The second-order valence-corrected chi connectivity index (χ2v) is 7.31. The number of carbonyl (C=O) groups is 1. The molecule has 4 rings (SSSR count). The minimum absolute atomic E-state index is 0.139. The van der Waals surface area contributed by atoms with Crippen molar-refractivity contribution in [3.63, 3.8) is 0 Å². The van der Waals surface area contributed by atoms with Crippen molar-refractivity contribution in [2.75, 3.05) is 12.4 Å². The van der Waals surface area contributed by atoms with Crippen molar-refractivity contribution in [2.45, 2.75) is 13.0 Å². The Kier molecular flexibility index (Phi) is 6.41. The summed E-state index contributed by atoms with van der Waals surface area (Å²) < 4.78 is 5.26. The summed E-state index contributed by atoms with van der Waals surface area (Å²) in [6, 6.07) is 26.4. The Hall–Kier alpha value is -4.19. The molecule has 0 fully saturated rings. The van der Waals surface area contributed by atoms with E-state index in [1.165, 1.54) is 0 Å². The highest BCUT2D eigenvalue weighted by molar-refractivity contribution is 5.94. The van der Waals surface area contributed by atoms with Gasteiger partial charge in [0.15, 0.2) is 5.82 Å². The summed E-state index contributed by atoms with van der Waals surface area (Å²) in [5.41, 5.74) is 3.35. The van der Waals surface area contributed by atoms with E-state index in [0.29, 0.717) is 17.2 Å². The van der Waals surface area contributed by atoms with E-state index in [4.69, 9.17) is 4.74 Å². The van der Waals surface area contributed by atoms with E-state index >= 15 is 0 Å². The predicted molar refractivity (Wildman–Crippen MR) is 126 cm³/mol. The fraction of sp³-hybridized carbons (Fsp3) is 0.115. The zero-order valence-electron chi connectivity index (χ0n) is 17.9. The molecule has 32 heavy (non-hydrogen) atoms. The number of ether oxygens (including phenoxy) is 1. The number of amides is 1. The highest BCUT2D eigenvalue weighted by atomic mass is 16.5. The molecule has 0 aliphatic rings. The largest absolute Gasteiger partial charge is 0.497 e. The number of nitrogens with zero attached hydrogens (tertiary/aromatic N) is 2. The molecule has 0 spiro atoms. The quantitative estimate of drug-likeness (QED) is 0.416. The smallest absolute Gasteiger partial charge is 0.251 e. The van der Waals surface area contributed by atoms with Gasteiger partial charge in [0.2, 0.25) is 0 Å². The van der Waals surface area contributed by atoms with Crippen LogP contribution in [0.2, 0.25) is 0 Å². The van der Waals surface area contributed by atoms with Crippen LogP contribution >= 0.6 is 0 Å². The minimum Gasteiger partial charge on any atom is -0.497 e. The Morgan fingerprint density at radius 1 is 0.938 bits per heavy atom. The van der Waals surface area contributed by atoms with Gasteiger partial charge in [-0.3, -0.25) is 4.79 Å². The number of methoxy groups -OCH3 is 1. The van der Waals surface area contributed by atoms with Gasteiger partial charge < -0.3 is 15.4 Å². The number of rotatable bonds is 7. The van der Waals surface area contributed by atoms with E-state index in [0.717, 1.165) is 22.6 Å². The molecule has 0 saturated carbocycles. The number of benzene rings is 3. The lowest BCUT2D eigenvalue weighted by Gasteiger charge is -2.15. The maximum Gasteiger partial charge on any atom is 0.251 e. The summed E-state index contributed by atoms with van der Waals surface area (Å²) in [6.45, 7) is 1.95. The summed E-state index contributed by atoms with van der Waals surface area (Å²) in [7, 11) is 1.63. The van der Waals surface area contributed by atoms with Gasteiger partial charge in [-0.25, -0.2) is 9.97 Å².